The number of unbranched alkanes of at least 4 members (excludes halogenated alkanes) is 3. The molecule has 1 aliphatic heterocycles. The number of β-lactam (4-membered cyclic amide) rings is 1. The van der Waals surface area contributed by atoms with Gasteiger partial charge in [0.15, 0.2) is 0 Å². The van der Waals surface area contributed by atoms with Gasteiger partial charge in [-0.3, -0.25) is 0 Å². The number of rotatable bonds is 13. The third-order valence-corrected chi connectivity index (χ3v) is 22.9. The quantitative estimate of drug-likeness (QED) is 0.172. The van der Waals surface area contributed by atoms with Crippen molar-refractivity contribution in [2.24, 2.45) is 11.8 Å². The molecular formula is C32H45NOSn. The maximum absolute atomic E-state index is 13.4. The molecule has 35 heavy (non-hydrogen) atoms. The molecule has 3 heteroatoms. The van der Waals surface area contributed by atoms with Gasteiger partial charge in [-0.05, 0) is 0 Å². The molecule has 2 aromatic rings. The first-order valence-corrected chi connectivity index (χ1v) is 22.0. The van der Waals surface area contributed by atoms with E-state index < -0.39 is 18.4 Å². The third-order valence-electron chi connectivity index (χ3n) is 8.52. The van der Waals surface area contributed by atoms with Crippen LogP contribution in [0.15, 0.2) is 70.3 Å². The van der Waals surface area contributed by atoms with Crippen molar-refractivity contribution in [3.63, 3.8) is 0 Å². The Morgan fingerprint density at radius 2 is 1.37 bits per heavy atom. The molecule has 2 aliphatic rings. The van der Waals surface area contributed by atoms with Crippen molar-refractivity contribution in [1.82, 2.24) is 0 Å². The van der Waals surface area contributed by atoms with E-state index in [0.29, 0.717) is 17.9 Å². The Hall–Kier alpha value is -1.55. The monoisotopic (exact) mass is 579 g/mol. The van der Waals surface area contributed by atoms with Gasteiger partial charge in [0.1, 0.15) is 0 Å². The van der Waals surface area contributed by atoms with Gasteiger partial charge in [0, 0.05) is 0 Å². The van der Waals surface area contributed by atoms with Crippen LogP contribution < -0.4 is 4.90 Å². The molecule has 1 saturated heterocycles. The minimum atomic E-state index is -2.46. The summed E-state index contributed by atoms with van der Waals surface area (Å²) in [6, 6.07) is 21.7. The first-order valence-electron chi connectivity index (χ1n) is 14.3. The number of nitrogens with zero attached hydrogens (tertiary/aromatic N) is 1. The molecule has 1 heterocycles. The molecule has 188 valence electrons. The third kappa shape index (κ3) is 6.06. The predicted octanol–water partition coefficient (Wildman–Crippen LogP) is 8.60. The van der Waals surface area contributed by atoms with Gasteiger partial charge in [-0.25, -0.2) is 0 Å². The maximum atomic E-state index is 13.4. The van der Waals surface area contributed by atoms with Crippen LogP contribution in [0.5, 0.6) is 0 Å². The van der Waals surface area contributed by atoms with Crippen molar-refractivity contribution in [2.75, 3.05) is 4.90 Å². The second kappa shape index (κ2) is 12.6. The van der Waals surface area contributed by atoms with E-state index in [1.165, 1.54) is 57.4 Å². The van der Waals surface area contributed by atoms with Gasteiger partial charge in [0.05, 0.1) is 0 Å². The van der Waals surface area contributed by atoms with Crippen molar-refractivity contribution in [3.8, 4) is 0 Å². The number of anilines is 1. The van der Waals surface area contributed by atoms with Crippen LogP contribution in [0.2, 0.25) is 13.3 Å². The van der Waals surface area contributed by atoms with Crippen molar-refractivity contribution in [3.05, 3.63) is 75.9 Å². The van der Waals surface area contributed by atoms with Crippen LogP contribution in [-0.2, 0) is 11.2 Å². The average Bonchev–Trinajstić information content (AvgIpc) is 3.18. The average molecular weight is 578 g/mol. The van der Waals surface area contributed by atoms with Crippen LogP contribution >= 0.6 is 0 Å². The van der Waals surface area contributed by atoms with Crippen molar-refractivity contribution >= 4 is 30.0 Å². The van der Waals surface area contributed by atoms with Crippen LogP contribution in [-0.4, -0.2) is 30.3 Å². The molecule has 4 rings (SSSR count). The van der Waals surface area contributed by atoms with E-state index in [2.05, 4.69) is 84.4 Å². The number of carbonyl (C=O) groups is 1. The van der Waals surface area contributed by atoms with Gasteiger partial charge in [0.25, 0.3) is 0 Å². The molecule has 1 amide bonds. The summed E-state index contributed by atoms with van der Waals surface area (Å²) in [5, 5.41) is 0. The molecule has 0 N–H and O–H groups in total. The Kier molecular flexibility index (Phi) is 9.55. The molecule has 2 aromatic carbocycles. The standard InChI is InChI=1S/C20H18NO.3C4H9.Sn/c1-14-12-18-19(17(14)13-15-8-4-2-5-9-15)21(20(18)22)16-10-6-3-7-11-16;3*1-3-4-2;/h1-11,17-19H,12-13H2;3*1,3-4H2,2H3;/t17-,18-,19+;;;;/m0..../s1. The summed E-state index contributed by atoms with van der Waals surface area (Å²) in [6.45, 7) is 7.06. The molecule has 0 unspecified atom stereocenters. The Balaban J connectivity index is 1.72. The summed E-state index contributed by atoms with van der Waals surface area (Å²) in [5.74, 6) is 0.989. The van der Waals surface area contributed by atoms with Crippen LogP contribution in [0.25, 0.3) is 0 Å². The summed E-state index contributed by atoms with van der Waals surface area (Å²) in [5.41, 5.74) is 4.15. The van der Waals surface area contributed by atoms with E-state index in [-0.39, 0.29) is 5.92 Å². The molecule has 0 spiro atoms. The second-order valence-corrected chi connectivity index (χ2v) is 23.9. The van der Waals surface area contributed by atoms with E-state index in [1.807, 2.05) is 6.07 Å². The molecule has 0 aromatic heterocycles. The Morgan fingerprint density at radius 3 is 1.91 bits per heavy atom. The van der Waals surface area contributed by atoms with Crippen molar-refractivity contribution < 1.29 is 4.79 Å². The second-order valence-electron chi connectivity index (χ2n) is 11.0. The Bertz CT molecular complexity index is 948. The van der Waals surface area contributed by atoms with Gasteiger partial charge in [-0.1, -0.05) is 0 Å². The SMILES string of the molecule is CCC[CH2][Sn](/[CH]=C1\C[C@@H]2C(=O)N(c3ccccc3)[C@@H]2[C@H]1Cc1ccccc1)([CH2]CCC)[CH2]CCC. The van der Waals surface area contributed by atoms with Gasteiger partial charge < -0.3 is 0 Å². The van der Waals surface area contributed by atoms with E-state index in [9.17, 15) is 4.79 Å². The molecule has 1 saturated carbocycles. The molecule has 0 radical (unpaired) electrons. The van der Waals surface area contributed by atoms with Crippen molar-refractivity contribution in [1.29, 1.82) is 0 Å². The fourth-order valence-electron chi connectivity index (χ4n) is 6.61. The molecule has 0 bridgehead atoms. The Labute approximate surface area is 218 Å². The summed E-state index contributed by atoms with van der Waals surface area (Å²) >= 11 is -2.46. The molecule has 2 fully saturated rings. The van der Waals surface area contributed by atoms with E-state index in [1.54, 1.807) is 5.57 Å². The van der Waals surface area contributed by atoms with E-state index in [4.69, 9.17) is 0 Å². The molecular weight excluding hydrogens is 533 g/mol. The molecule has 1 aliphatic carbocycles. The Morgan fingerprint density at radius 1 is 0.829 bits per heavy atom. The van der Waals surface area contributed by atoms with Crippen LogP contribution in [0.4, 0.5) is 5.69 Å². The van der Waals surface area contributed by atoms with Crippen molar-refractivity contribution in [2.45, 2.75) is 91.5 Å². The zero-order valence-electron chi connectivity index (χ0n) is 22.2. The summed E-state index contributed by atoms with van der Waals surface area (Å²) < 4.78 is 7.44. The number of carbonyl (C=O) groups excluding carboxylic acids is 1. The van der Waals surface area contributed by atoms with Crippen LogP contribution in [0, 0.1) is 11.8 Å². The molecule has 2 nitrogen and oxygen atoms in total. The number of benzene rings is 2. The topological polar surface area (TPSA) is 20.3 Å². The summed E-state index contributed by atoms with van der Waals surface area (Å²) in [7, 11) is 0. The van der Waals surface area contributed by atoms with Gasteiger partial charge in [-0.2, -0.15) is 0 Å². The first-order chi connectivity index (χ1) is 17.1. The predicted molar refractivity (Wildman–Crippen MR) is 152 cm³/mol. The number of amides is 1. The van der Waals surface area contributed by atoms with E-state index >= 15 is 0 Å². The summed E-state index contributed by atoms with van der Waals surface area (Å²) in [4.78, 5) is 15.5. The number of para-hydroxylation sites is 1. The van der Waals surface area contributed by atoms with Crippen LogP contribution in [0.1, 0.15) is 71.3 Å². The normalized spacial score (nSPS) is 22.9. The zero-order chi connectivity index (χ0) is 24.7. The van der Waals surface area contributed by atoms with Gasteiger partial charge >= 0.3 is 219 Å². The number of fused-ring (bicyclic) bond motifs is 1. The van der Waals surface area contributed by atoms with Gasteiger partial charge in [0.2, 0.25) is 0 Å². The van der Waals surface area contributed by atoms with Gasteiger partial charge in [-0.15, -0.1) is 0 Å². The summed E-state index contributed by atoms with van der Waals surface area (Å²) in [6.07, 6.45) is 10.1. The van der Waals surface area contributed by atoms with Crippen LogP contribution in [0.3, 0.4) is 0 Å². The van der Waals surface area contributed by atoms with E-state index in [0.717, 1.165) is 18.5 Å². The number of hydrogen-bond donors (Lipinski definition) is 0. The fraction of sp³-hybridized carbons (Fsp3) is 0.531. The first kappa shape index (κ1) is 26.5. The zero-order valence-corrected chi connectivity index (χ0v) is 25.1. The minimum absolute atomic E-state index is 0.183. The molecule has 3 atom stereocenters. The number of hydrogen-bond acceptors (Lipinski definition) is 1. The fourth-order valence-corrected chi connectivity index (χ4v) is 22.2.